The lowest BCUT2D eigenvalue weighted by atomic mass is 10.2. The van der Waals surface area contributed by atoms with Crippen LogP contribution >= 0.6 is 0 Å². The van der Waals surface area contributed by atoms with Crippen molar-refractivity contribution >= 4 is 29.1 Å². The largest absolute Gasteiger partial charge is 0.399 e. The molecule has 1 rings (SSSR count). The molecule has 0 aromatic heterocycles. The van der Waals surface area contributed by atoms with Gasteiger partial charge in [0.25, 0.3) is 0 Å². The number of nitrogens with zero attached hydrogens (tertiary/aromatic N) is 1. The second-order valence-corrected chi connectivity index (χ2v) is 4.79. The molecule has 4 N–H and O–H groups in total. The molecule has 0 aliphatic heterocycles. The van der Waals surface area contributed by atoms with Gasteiger partial charge in [-0.25, -0.2) is 4.90 Å². The number of nitrogen functional groups attached to an aromatic ring is 1. The summed E-state index contributed by atoms with van der Waals surface area (Å²) in [5.74, 6) is -2.35. The second-order valence-electron chi connectivity index (χ2n) is 4.79. The number of carbonyl (C=O) groups is 3. The molecule has 120 valence electrons. The molecule has 0 spiro atoms. The Labute approximate surface area is 129 Å². The first kappa shape index (κ1) is 17.6. The van der Waals surface area contributed by atoms with Crippen molar-refractivity contribution in [2.24, 2.45) is 0 Å². The predicted molar refractivity (Wildman–Crippen MR) is 83.0 cm³/mol. The van der Waals surface area contributed by atoms with Crippen LogP contribution in [0.5, 0.6) is 0 Å². The van der Waals surface area contributed by atoms with Crippen LogP contribution in [0.3, 0.4) is 0 Å². The molecule has 0 aliphatic rings. The number of hydrogen-bond donors (Lipinski definition) is 3. The number of hydrogen-bond acceptors (Lipinski definition) is 5. The van der Waals surface area contributed by atoms with Crippen molar-refractivity contribution in [1.82, 2.24) is 5.32 Å². The van der Waals surface area contributed by atoms with Gasteiger partial charge in [-0.3, -0.25) is 14.4 Å². The van der Waals surface area contributed by atoms with Crippen LogP contribution in [0.25, 0.3) is 0 Å². The van der Waals surface area contributed by atoms with Gasteiger partial charge in [0.15, 0.2) is 0 Å². The third kappa shape index (κ3) is 5.17. The van der Waals surface area contributed by atoms with Gasteiger partial charge in [0.1, 0.15) is 0 Å². The number of rotatable bonds is 6. The van der Waals surface area contributed by atoms with E-state index in [-0.39, 0.29) is 12.3 Å². The molecule has 0 fully saturated rings. The maximum atomic E-state index is 12.1. The molecule has 3 amide bonds. The number of imide groups is 1. The molecule has 0 unspecified atom stereocenters. The van der Waals surface area contributed by atoms with E-state index in [2.05, 4.69) is 5.32 Å². The second kappa shape index (κ2) is 8.78. The quantitative estimate of drug-likeness (QED) is 0.401. The topological polar surface area (TPSA) is 113 Å². The normalized spacial score (nSPS) is 10.1. The maximum absolute atomic E-state index is 12.1. The van der Waals surface area contributed by atoms with Crippen LogP contribution in [0.2, 0.25) is 0 Å². The number of carbonyl (C=O) groups excluding carboxylic acids is 3. The molecule has 22 heavy (non-hydrogen) atoms. The van der Waals surface area contributed by atoms with Gasteiger partial charge in [-0.1, -0.05) is 6.07 Å². The minimum Gasteiger partial charge on any atom is -0.399 e. The third-order valence-electron chi connectivity index (χ3n) is 2.96. The Kier molecular flexibility index (Phi) is 7.04. The van der Waals surface area contributed by atoms with Crippen molar-refractivity contribution < 1.29 is 19.5 Å². The van der Waals surface area contributed by atoms with Gasteiger partial charge in [0, 0.05) is 25.8 Å². The predicted octanol–water partition coefficient (Wildman–Crippen LogP) is 0.427. The number of nitrogens with one attached hydrogen (secondary N) is 1. The Morgan fingerprint density at radius 1 is 1.23 bits per heavy atom. The first-order valence-electron chi connectivity index (χ1n) is 7.06. The van der Waals surface area contributed by atoms with E-state index in [1.165, 1.54) is 19.1 Å². The summed E-state index contributed by atoms with van der Waals surface area (Å²) in [6.07, 6.45) is 2.04. The zero-order valence-corrected chi connectivity index (χ0v) is 12.5. The molecule has 0 heterocycles. The number of unbranched alkanes of at least 4 members (excludes halogenated alkanes) is 2. The van der Waals surface area contributed by atoms with Crippen molar-refractivity contribution in [2.75, 3.05) is 23.8 Å². The van der Waals surface area contributed by atoms with E-state index in [9.17, 15) is 14.4 Å². The van der Waals surface area contributed by atoms with Crippen LogP contribution in [-0.2, 0) is 14.4 Å². The number of benzene rings is 1. The molecule has 0 aliphatic carbocycles. The zero-order chi connectivity index (χ0) is 16.5. The highest BCUT2D eigenvalue weighted by Crippen LogP contribution is 2.18. The molecule has 0 atom stereocenters. The Morgan fingerprint density at radius 3 is 2.55 bits per heavy atom. The van der Waals surface area contributed by atoms with Crippen molar-refractivity contribution in [3.05, 3.63) is 24.3 Å². The Hall–Kier alpha value is -2.41. The molecule has 7 nitrogen and oxygen atoms in total. The molecule has 7 heteroatoms. The Balaban J connectivity index is 2.69. The number of nitrogens with two attached hydrogens (primary N) is 1. The highest BCUT2D eigenvalue weighted by molar-refractivity contribution is 6.45. The SMILES string of the molecule is CC(=O)N(C(=O)C(=O)NCCCCCO)c1cccc(N)c1. The van der Waals surface area contributed by atoms with Gasteiger partial charge < -0.3 is 16.2 Å². The summed E-state index contributed by atoms with van der Waals surface area (Å²) in [6, 6.07) is 6.20. The maximum Gasteiger partial charge on any atom is 0.323 e. The highest BCUT2D eigenvalue weighted by Gasteiger charge is 2.26. The number of aliphatic hydroxyl groups excluding tert-OH is 1. The van der Waals surface area contributed by atoms with E-state index >= 15 is 0 Å². The summed E-state index contributed by atoms with van der Waals surface area (Å²) in [6.45, 7) is 1.61. The van der Waals surface area contributed by atoms with Crippen molar-refractivity contribution in [3.8, 4) is 0 Å². The van der Waals surface area contributed by atoms with E-state index in [0.29, 0.717) is 25.1 Å². The number of aliphatic hydroxyl groups is 1. The summed E-state index contributed by atoms with van der Waals surface area (Å²) < 4.78 is 0. The Morgan fingerprint density at radius 2 is 1.95 bits per heavy atom. The minimum atomic E-state index is -0.944. The fourth-order valence-corrected chi connectivity index (χ4v) is 1.90. The van der Waals surface area contributed by atoms with Crippen LogP contribution in [0.1, 0.15) is 26.2 Å². The van der Waals surface area contributed by atoms with Crippen molar-refractivity contribution in [3.63, 3.8) is 0 Å². The molecule has 0 radical (unpaired) electrons. The summed E-state index contributed by atoms with van der Waals surface area (Å²) in [4.78, 5) is 36.4. The van der Waals surface area contributed by atoms with Gasteiger partial charge in [0.05, 0.1) is 5.69 Å². The smallest absolute Gasteiger partial charge is 0.323 e. The zero-order valence-electron chi connectivity index (χ0n) is 12.5. The van der Waals surface area contributed by atoms with Crippen LogP contribution in [0.15, 0.2) is 24.3 Å². The standard InChI is InChI=1S/C15H21N3O4/c1-11(20)18(13-7-5-6-12(16)10-13)15(22)14(21)17-8-3-2-4-9-19/h5-7,10,19H,2-4,8-9,16H2,1H3,(H,17,21). The van der Waals surface area contributed by atoms with Crippen molar-refractivity contribution in [1.29, 1.82) is 0 Å². The molecule has 1 aromatic rings. The van der Waals surface area contributed by atoms with E-state index < -0.39 is 17.7 Å². The Bertz CT molecular complexity index is 545. The summed E-state index contributed by atoms with van der Waals surface area (Å²) in [5.41, 5.74) is 6.28. The van der Waals surface area contributed by atoms with Crippen LogP contribution in [-0.4, -0.2) is 36.0 Å². The number of anilines is 2. The average Bonchev–Trinajstić information content (AvgIpc) is 2.46. The van der Waals surface area contributed by atoms with Crippen LogP contribution in [0, 0.1) is 0 Å². The van der Waals surface area contributed by atoms with Gasteiger partial charge >= 0.3 is 11.8 Å². The first-order chi connectivity index (χ1) is 10.5. The average molecular weight is 307 g/mol. The summed E-state index contributed by atoms with van der Waals surface area (Å²) >= 11 is 0. The van der Waals surface area contributed by atoms with Crippen LogP contribution in [0.4, 0.5) is 11.4 Å². The first-order valence-corrected chi connectivity index (χ1v) is 7.06. The van der Waals surface area contributed by atoms with E-state index in [1.54, 1.807) is 12.1 Å². The third-order valence-corrected chi connectivity index (χ3v) is 2.96. The fraction of sp³-hybridized carbons (Fsp3) is 0.400. The number of amides is 3. The molecule has 0 saturated heterocycles. The monoisotopic (exact) mass is 307 g/mol. The van der Waals surface area contributed by atoms with Gasteiger partial charge in [-0.05, 0) is 37.5 Å². The van der Waals surface area contributed by atoms with E-state index in [0.717, 1.165) is 11.3 Å². The minimum absolute atomic E-state index is 0.0976. The summed E-state index contributed by atoms with van der Waals surface area (Å²) in [7, 11) is 0. The highest BCUT2D eigenvalue weighted by atomic mass is 16.3. The lowest BCUT2D eigenvalue weighted by Crippen LogP contribution is -2.45. The van der Waals surface area contributed by atoms with Gasteiger partial charge in [-0.15, -0.1) is 0 Å². The van der Waals surface area contributed by atoms with Gasteiger partial charge in [0.2, 0.25) is 5.91 Å². The summed E-state index contributed by atoms with van der Waals surface area (Å²) in [5, 5.41) is 11.1. The molecule has 1 aromatic carbocycles. The lowest BCUT2D eigenvalue weighted by Gasteiger charge is -2.19. The van der Waals surface area contributed by atoms with E-state index in [4.69, 9.17) is 10.8 Å². The molecule has 0 saturated carbocycles. The fourth-order valence-electron chi connectivity index (χ4n) is 1.90. The lowest BCUT2D eigenvalue weighted by molar-refractivity contribution is -0.139. The van der Waals surface area contributed by atoms with E-state index in [1.807, 2.05) is 0 Å². The molecule has 0 bridgehead atoms. The van der Waals surface area contributed by atoms with Crippen LogP contribution < -0.4 is 16.0 Å². The molecular formula is C15H21N3O4. The molecular weight excluding hydrogens is 286 g/mol. The van der Waals surface area contributed by atoms with Crippen molar-refractivity contribution in [2.45, 2.75) is 26.2 Å². The van der Waals surface area contributed by atoms with Gasteiger partial charge in [-0.2, -0.15) is 0 Å².